The van der Waals surface area contributed by atoms with Gasteiger partial charge in [0.05, 0.1) is 24.8 Å². The minimum Gasteiger partial charge on any atom is -0.223 e. The van der Waals surface area contributed by atoms with Crippen LogP contribution in [0.4, 0.5) is 13.2 Å². The smallest absolute Gasteiger partial charge is 0.223 e. The van der Waals surface area contributed by atoms with Crippen LogP contribution >= 0.6 is 31.9 Å². The van der Waals surface area contributed by atoms with E-state index in [9.17, 15) is 30.0 Å². The van der Waals surface area contributed by atoms with E-state index in [1.54, 1.807) is 32.9 Å². The molecule has 0 bridgehead atoms. The Labute approximate surface area is 211 Å². The molecule has 0 amide bonds. The predicted molar refractivity (Wildman–Crippen MR) is 132 cm³/mol. The number of halogens is 5. The molecule has 33 heavy (non-hydrogen) atoms. The Kier molecular flexibility index (Phi) is 9.12. The third-order valence-electron chi connectivity index (χ3n) is 4.45. The Bertz CT molecular complexity index is 1200. The molecule has 0 N–H and O–H groups in total. The molecule has 0 fully saturated rings. The highest BCUT2D eigenvalue weighted by atomic mass is 79.9. The van der Waals surface area contributed by atoms with Gasteiger partial charge in [-0.25, -0.2) is 16.8 Å². The average molecular weight is 636 g/mol. The molecule has 0 aliphatic carbocycles. The van der Waals surface area contributed by atoms with E-state index >= 15 is 0 Å². The Morgan fingerprint density at radius 3 is 1.33 bits per heavy atom. The lowest BCUT2D eigenvalue weighted by atomic mass is 10.2. The second-order valence-electron chi connectivity index (χ2n) is 9.37. The molecule has 0 heterocycles. The van der Waals surface area contributed by atoms with Gasteiger partial charge in [0.15, 0.2) is 19.7 Å². The zero-order valence-electron chi connectivity index (χ0n) is 19.3. The van der Waals surface area contributed by atoms with Crippen molar-refractivity contribution in [3.63, 3.8) is 0 Å². The van der Waals surface area contributed by atoms with Crippen molar-refractivity contribution < 1.29 is 30.0 Å². The fourth-order valence-electron chi connectivity index (χ4n) is 2.45. The van der Waals surface area contributed by atoms with Crippen LogP contribution in [0.3, 0.4) is 0 Å². The number of alkyl halides is 3. The number of rotatable bonds is 2. The van der Waals surface area contributed by atoms with E-state index in [4.69, 9.17) is 0 Å². The number of benzene rings is 2. The van der Waals surface area contributed by atoms with Gasteiger partial charge in [0.2, 0.25) is 0 Å². The fourth-order valence-corrected chi connectivity index (χ4v) is 6.45. The van der Waals surface area contributed by atoms with Crippen molar-refractivity contribution in [3.05, 3.63) is 56.5 Å². The molecular formula is C22H27Br2F3O4S2. The van der Waals surface area contributed by atoms with Gasteiger partial charge in [0, 0.05) is 8.95 Å². The van der Waals surface area contributed by atoms with Gasteiger partial charge in [-0.2, -0.15) is 13.2 Å². The first-order valence-electron chi connectivity index (χ1n) is 9.64. The summed E-state index contributed by atoms with van der Waals surface area (Å²) in [5.41, 5.74) is -0.0492. The van der Waals surface area contributed by atoms with Gasteiger partial charge >= 0.3 is 6.18 Å². The number of hydrogen-bond acceptors (Lipinski definition) is 4. The molecule has 4 nitrogen and oxygen atoms in total. The molecule has 0 aromatic heterocycles. The van der Waals surface area contributed by atoms with Crippen LogP contribution in [0.5, 0.6) is 0 Å². The van der Waals surface area contributed by atoms with E-state index < -0.39 is 40.9 Å². The van der Waals surface area contributed by atoms with Gasteiger partial charge in [-0.3, -0.25) is 0 Å². The summed E-state index contributed by atoms with van der Waals surface area (Å²) in [7, 11) is -7.06. The van der Waals surface area contributed by atoms with E-state index in [0.717, 1.165) is 16.1 Å². The van der Waals surface area contributed by atoms with Gasteiger partial charge < -0.3 is 0 Å². The van der Waals surface area contributed by atoms with Crippen molar-refractivity contribution in [3.8, 4) is 0 Å². The summed E-state index contributed by atoms with van der Waals surface area (Å²) < 4.78 is 85.3. The minimum absolute atomic E-state index is 0.0835. The second-order valence-corrected chi connectivity index (χ2v) is 16.6. The van der Waals surface area contributed by atoms with E-state index in [-0.39, 0.29) is 9.37 Å². The Morgan fingerprint density at radius 1 is 0.636 bits per heavy atom. The fraction of sp³-hybridized carbons (Fsp3) is 0.455. The van der Waals surface area contributed by atoms with Crippen LogP contribution in [0, 0.1) is 6.92 Å². The molecule has 2 rings (SSSR count). The van der Waals surface area contributed by atoms with E-state index in [2.05, 4.69) is 31.9 Å². The van der Waals surface area contributed by atoms with Crippen LogP contribution in [0.2, 0.25) is 0 Å². The number of aryl methyl sites for hydroxylation is 1. The lowest BCUT2D eigenvalue weighted by Crippen LogP contribution is -2.28. The topological polar surface area (TPSA) is 68.3 Å². The lowest BCUT2D eigenvalue weighted by Gasteiger charge is -2.20. The molecule has 0 saturated heterocycles. The monoisotopic (exact) mass is 634 g/mol. The van der Waals surface area contributed by atoms with Crippen molar-refractivity contribution in [2.24, 2.45) is 0 Å². The molecule has 0 saturated carbocycles. The molecule has 0 atom stereocenters. The standard InChI is InChI=1S/C11H12BrF3O2S.C11H15BrO2S/c1-10(2,3)18(16,17)9-5-7(11(13,14)15)4-8(12)6-9;1-8-5-9(12)7-10(6-8)15(13,14)11(2,3)4/h4-6H,1-3H3;5-7H,1-4H3. The summed E-state index contributed by atoms with van der Waals surface area (Å²) in [6.07, 6.45) is -4.58. The van der Waals surface area contributed by atoms with Crippen LogP contribution in [-0.2, 0) is 25.9 Å². The van der Waals surface area contributed by atoms with Gasteiger partial charge in [0.25, 0.3) is 0 Å². The third-order valence-corrected chi connectivity index (χ3v) is 10.3. The maximum atomic E-state index is 12.6. The highest BCUT2D eigenvalue weighted by molar-refractivity contribution is 9.10. The van der Waals surface area contributed by atoms with E-state index in [1.165, 1.54) is 26.8 Å². The first-order chi connectivity index (χ1) is 14.5. The zero-order chi connectivity index (χ0) is 26.2. The molecule has 0 unspecified atom stereocenters. The maximum absolute atomic E-state index is 12.6. The molecule has 2 aromatic carbocycles. The summed E-state index contributed by atoms with van der Waals surface area (Å²) in [5, 5.41) is 0. The Morgan fingerprint density at radius 2 is 1.00 bits per heavy atom. The maximum Gasteiger partial charge on any atom is 0.416 e. The van der Waals surface area contributed by atoms with Gasteiger partial charge in [-0.1, -0.05) is 31.9 Å². The molecule has 11 heteroatoms. The quantitative estimate of drug-likeness (QED) is 0.346. The average Bonchev–Trinajstić information content (AvgIpc) is 2.58. The lowest BCUT2D eigenvalue weighted by molar-refractivity contribution is -0.137. The molecule has 0 aliphatic heterocycles. The predicted octanol–water partition coefficient (Wildman–Crippen LogP) is 7.37. The van der Waals surface area contributed by atoms with E-state index in [1.807, 2.05) is 13.0 Å². The third kappa shape index (κ3) is 7.53. The summed E-state index contributed by atoms with van der Waals surface area (Å²) in [4.78, 5) is 0.0403. The van der Waals surface area contributed by atoms with Gasteiger partial charge in [0.1, 0.15) is 0 Å². The van der Waals surface area contributed by atoms with Crippen molar-refractivity contribution in [2.45, 2.75) is 73.9 Å². The summed E-state index contributed by atoms with van der Waals surface area (Å²) in [6.45, 7) is 11.3. The SMILES string of the molecule is CC(C)(C)S(=O)(=O)c1cc(Br)cc(C(F)(F)F)c1.Cc1cc(Br)cc(S(=O)(=O)C(C)(C)C)c1. The molecular weight excluding hydrogens is 609 g/mol. The first kappa shape index (κ1) is 30.1. The Balaban J connectivity index is 0.000000335. The summed E-state index contributed by atoms with van der Waals surface area (Å²) >= 11 is 6.21. The summed E-state index contributed by atoms with van der Waals surface area (Å²) in [6, 6.07) is 7.92. The molecule has 2 aromatic rings. The van der Waals surface area contributed by atoms with Crippen molar-refractivity contribution >= 4 is 51.5 Å². The highest BCUT2D eigenvalue weighted by Gasteiger charge is 2.36. The van der Waals surface area contributed by atoms with Crippen molar-refractivity contribution in [2.75, 3.05) is 0 Å². The normalized spacial score (nSPS) is 13.3. The van der Waals surface area contributed by atoms with Crippen LogP contribution in [-0.4, -0.2) is 26.3 Å². The summed E-state index contributed by atoms with van der Waals surface area (Å²) in [5.74, 6) is 0. The van der Waals surface area contributed by atoms with Crippen LogP contribution in [0.15, 0.2) is 55.1 Å². The number of sulfone groups is 2. The molecule has 0 spiro atoms. The molecule has 0 aliphatic rings. The molecule has 186 valence electrons. The van der Waals surface area contributed by atoms with Gasteiger partial charge in [-0.15, -0.1) is 0 Å². The first-order valence-corrected chi connectivity index (χ1v) is 14.2. The van der Waals surface area contributed by atoms with Crippen LogP contribution < -0.4 is 0 Å². The minimum atomic E-state index is -4.58. The largest absolute Gasteiger partial charge is 0.416 e. The highest BCUT2D eigenvalue weighted by Crippen LogP contribution is 2.35. The number of hydrogen-bond donors (Lipinski definition) is 0. The zero-order valence-corrected chi connectivity index (χ0v) is 24.1. The Hall–Kier alpha value is -0.910. The van der Waals surface area contributed by atoms with E-state index in [0.29, 0.717) is 11.0 Å². The van der Waals surface area contributed by atoms with Crippen LogP contribution in [0.1, 0.15) is 52.7 Å². The van der Waals surface area contributed by atoms with Crippen LogP contribution in [0.25, 0.3) is 0 Å². The van der Waals surface area contributed by atoms with Gasteiger partial charge in [-0.05, 0) is 90.4 Å². The second kappa shape index (κ2) is 9.99. The molecule has 0 radical (unpaired) electrons. The van der Waals surface area contributed by atoms with Crippen molar-refractivity contribution in [1.29, 1.82) is 0 Å². The van der Waals surface area contributed by atoms with Crippen molar-refractivity contribution in [1.82, 2.24) is 0 Å².